The molecular formula is C13H18N2O5S. The van der Waals surface area contributed by atoms with Crippen LogP contribution in [-0.2, 0) is 9.84 Å². The van der Waals surface area contributed by atoms with Gasteiger partial charge in [0.25, 0.3) is 5.69 Å². The topological polar surface area (TPSA) is 110 Å². The third-order valence-electron chi connectivity index (χ3n) is 3.66. The Bertz CT molecular complexity index is 644. The second-order valence-corrected chi connectivity index (χ2v) is 7.33. The van der Waals surface area contributed by atoms with Gasteiger partial charge >= 0.3 is 0 Å². The first-order chi connectivity index (χ1) is 9.79. The number of nitro groups is 1. The summed E-state index contributed by atoms with van der Waals surface area (Å²) in [5.41, 5.74) is -0.0611. The summed E-state index contributed by atoms with van der Waals surface area (Å²) in [6, 6.07) is 3.52. The molecule has 0 saturated heterocycles. The number of aliphatic hydroxyl groups excluding tert-OH is 1. The van der Waals surface area contributed by atoms with Crippen LogP contribution in [0.1, 0.15) is 25.7 Å². The number of sulfone groups is 1. The van der Waals surface area contributed by atoms with Crippen molar-refractivity contribution in [2.45, 2.75) is 42.7 Å². The monoisotopic (exact) mass is 314 g/mol. The molecule has 0 amide bonds. The highest BCUT2D eigenvalue weighted by atomic mass is 32.2. The second-order valence-electron chi connectivity index (χ2n) is 5.31. The molecule has 2 atom stereocenters. The van der Waals surface area contributed by atoms with Crippen LogP contribution in [0, 0.1) is 10.1 Å². The number of rotatable bonds is 4. The van der Waals surface area contributed by atoms with Gasteiger partial charge in [0, 0.05) is 12.3 Å². The Morgan fingerprint density at radius 1 is 1.33 bits per heavy atom. The minimum absolute atomic E-state index is 0.0936. The minimum atomic E-state index is -3.50. The highest BCUT2D eigenvalue weighted by molar-refractivity contribution is 7.90. The Kier molecular flexibility index (Phi) is 4.48. The molecule has 0 radical (unpaired) electrons. The summed E-state index contributed by atoms with van der Waals surface area (Å²) in [5, 5.41) is 24.0. The molecule has 1 aromatic rings. The smallest absolute Gasteiger partial charge is 0.293 e. The number of hydrogen-bond acceptors (Lipinski definition) is 6. The molecule has 2 rings (SSSR count). The molecule has 116 valence electrons. The average Bonchev–Trinajstić information content (AvgIpc) is 2.40. The van der Waals surface area contributed by atoms with Crippen LogP contribution in [0.5, 0.6) is 0 Å². The largest absolute Gasteiger partial charge is 0.391 e. The SMILES string of the molecule is CS(=O)(=O)c1ccc(N[C@H]2CCCC[C@@H]2O)c([N+](=O)[O-])c1. The first-order valence-corrected chi connectivity index (χ1v) is 8.61. The van der Waals surface area contributed by atoms with Crippen molar-refractivity contribution >= 4 is 21.2 Å². The van der Waals surface area contributed by atoms with E-state index in [-0.39, 0.29) is 22.3 Å². The highest BCUT2D eigenvalue weighted by Crippen LogP contribution is 2.30. The van der Waals surface area contributed by atoms with E-state index >= 15 is 0 Å². The molecule has 0 bridgehead atoms. The molecule has 0 heterocycles. The number of benzene rings is 1. The van der Waals surface area contributed by atoms with Crippen molar-refractivity contribution in [3.8, 4) is 0 Å². The van der Waals surface area contributed by atoms with Gasteiger partial charge in [0.1, 0.15) is 5.69 Å². The van der Waals surface area contributed by atoms with Gasteiger partial charge in [-0.15, -0.1) is 0 Å². The van der Waals surface area contributed by atoms with Gasteiger partial charge in [-0.25, -0.2) is 8.42 Å². The summed E-state index contributed by atoms with van der Waals surface area (Å²) in [7, 11) is -3.50. The van der Waals surface area contributed by atoms with Crippen molar-refractivity contribution < 1.29 is 18.4 Å². The minimum Gasteiger partial charge on any atom is -0.391 e. The Labute approximate surface area is 123 Å². The maximum atomic E-state index is 11.5. The van der Waals surface area contributed by atoms with E-state index in [0.29, 0.717) is 6.42 Å². The van der Waals surface area contributed by atoms with E-state index in [4.69, 9.17) is 0 Å². The average molecular weight is 314 g/mol. The van der Waals surface area contributed by atoms with E-state index in [1.54, 1.807) is 0 Å². The maximum absolute atomic E-state index is 11.5. The van der Waals surface area contributed by atoms with E-state index in [2.05, 4.69) is 5.32 Å². The van der Waals surface area contributed by atoms with E-state index in [1.807, 2.05) is 0 Å². The third kappa shape index (κ3) is 3.70. The van der Waals surface area contributed by atoms with Crippen LogP contribution in [0.25, 0.3) is 0 Å². The third-order valence-corrected chi connectivity index (χ3v) is 4.77. The standard InChI is InChI=1S/C13H18N2O5S/c1-21(19,20)9-6-7-10(12(8-9)15(17)18)14-11-4-2-3-5-13(11)16/h6-8,11,13-14,16H,2-5H2,1H3/t11-,13-/m0/s1. The molecular weight excluding hydrogens is 296 g/mol. The van der Waals surface area contributed by atoms with Crippen LogP contribution < -0.4 is 5.32 Å². The van der Waals surface area contributed by atoms with Gasteiger partial charge in [-0.05, 0) is 25.0 Å². The molecule has 0 aromatic heterocycles. The fraction of sp³-hybridized carbons (Fsp3) is 0.538. The van der Waals surface area contributed by atoms with Crippen LogP contribution in [0.3, 0.4) is 0 Å². The first kappa shape index (κ1) is 15.7. The number of hydrogen-bond donors (Lipinski definition) is 2. The predicted molar refractivity (Wildman–Crippen MR) is 78.1 cm³/mol. The first-order valence-electron chi connectivity index (χ1n) is 6.72. The van der Waals surface area contributed by atoms with Crippen LogP contribution in [-0.4, -0.2) is 36.8 Å². The van der Waals surface area contributed by atoms with Crippen molar-refractivity contribution in [1.82, 2.24) is 0 Å². The summed E-state index contributed by atoms with van der Waals surface area (Å²) in [5.74, 6) is 0. The van der Waals surface area contributed by atoms with Gasteiger partial charge < -0.3 is 10.4 Å². The highest BCUT2D eigenvalue weighted by Gasteiger charge is 2.26. The lowest BCUT2D eigenvalue weighted by atomic mass is 9.92. The molecule has 0 aliphatic heterocycles. The molecule has 7 nitrogen and oxygen atoms in total. The number of nitro benzene ring substituents is 1. The fourth-order valence-electron chi connectivity index (χ4n) is 2.49. The van der Waals surface area contributed by atoms with Crippen molar-refractivity contribution in [2.24, 2.45) is 0 Å². The van der Waals surface area contributed by atoms with Gasteiger partial charge in [-0.2, -0.15) is 0 Å². The lowest BCUT2D eigenvalue weighted by Gasteiger charge is -2.29. The molecule has 1 fully saturated rings. The summed E-state index contributed by atoms with van der Waals surface area (Å²) in [6.45, 7) is 0. The van der Waals surface area contributed by atoms with Gasteiger partial charge in [0.2, 0.25) is 0 Å². The molecule has 1 saturated carbocycles. The molecule has 21 heavy (non-hydrogen) atoms. The lowest BCUT2D eigenvalue weighted by molar-refractivity contribution is -0.384. The zero-order chi connectivity index (χ0) is 15.6. The van der Waals surface area contributed by atoms with E-state index in [1.165, 1.54) is 12.1 Å². The van der Waals surface area contributed by atoms with Crippen LogP contribution in [0.4, 0.5) is 11.4 Å². The lowest BCUT2D eigenvalue weighted by Crippen LogP contribution is -2.36. The molecule has 1 aliphatic rings. The molecule has 1 aromatic carbocycles. The van der Waals surface area contributed by atoms with Gasteiger partial charge in [0.15, 0.2) is 9.84 Å². The Hall–Kier alpha value is -1.67. The Morgan fingerprint density at radius 2 is 2.00 bits per heavy atom. The van der Waals surface area contributed by atoms with Crippen molar-refractivity contribution in [3.05, 3.63) is 28.3 Å². The van der Waals surface area contributed by atoms with Gasteiger partial charge in [0.05, 0.1) is 22.0 Å². The quantitative estimate of drug-likeness (QED) is 0.647. The van der Waals surface area contributed by atoms with Crippen LogP contribution >= 0.6 is 0 Å². The van der Waals surface area contributed by atoms with Crippen molar-refractivity contribution in [1.29, 1.82) is 0 Å². The Morgan fingerprint density at radius 3 is 2.57 bits per heavy atom. The number of nitrogens with one attached hydrogen (secondary N) is 1. The maximum Gasteiger partial charge on any atom is 0.293 e. The fourth-order valence-corrected chi connectivity index (χ4v) is 3.14. The van der Waals surface area contributed by atoms with Crippen molar-refractivity contribution in [2.75, 3.05) is 11.6 Å². The normalized spacial score (nSPS) is 22.8. The summed E-state index contributed by atoms with van der Waals surface area (Å²) >= 11 is 0. The van der Waals surface area contributed by atoms with E-state index < -0.39 is 20.9 Å². The molecule has 1 aliphatic carbocycles. The molecule has 0 unspecified atom stereocenters. The molecule has 2 N–H and O–H groups in total. The van der Waals surface area contributed by atoms with Gasteiger partial charge in [-0.3, -0.25) is 10.1 Å². The summed E-state index contributed by atoms with van der Waals surface area (Å²) in [6.07, 6.45) is 3.73. The predicted octanol–water partition coefficient (Wildman–Crippen LogP) is 1.71. The van der Waals surface area contributed by atoms with E-state index in [9.17, 15) is 23.6 Å². The number of nitrogens with zero attached hydrogens (tertiary/aromatic N) is 1. The number of aliphatic hydroxyl groups is 1. The van der Waals surface area contributed by atoms with E-state index in [0.717, 1.165) is 31.6 Å². The second kappa shape index (κ2) is 5.98. The van der Waals surface area contributed by atoms with Gasteiger partial charge in [-0.1, -0.05) is 12.8 Å². The summed E-state index contributed by atoms with van der Waals surface area (Å²) in [4.78, 5) is 10.4. The zero-order valence-electron chi connectivity index (χ0n) is 11.7. The van der Waals surface area contributed by atoms with Crippen LogP contribution in [0.15, 0.2) is 23.1 Å². The van der Waals surface area contributed by atoms with Crippen molar-refractivity contribution in [3.63, 3.8) is 0 Å². The zero-order valence-corrected chi connectivity index (χ0v) is 12.5. The summed E-state index contributed by atoms with van der Waals surface area (Å²) < 4.78 is 23.0. The molecule has 8 heteroatoms. The molecule has 0 spiro atoms. The Balaban J connectivity index is 2.32. The number of anilines is 1. The van der Waals surface area contributed by atoms with Crippen LogP contribution in [0.2, 0.25) is 0 Å².